The zero-order valence-electron chi connectivity index (χ0n) is 19.0. The number of thiazole rings is 1. The molecule has 6 aromatic rings. The summed E-state index contributed by atoms with van der Waals surface area (Å²) in [4.78, 5) is 18.6. The first-order valence-corrected chi connectivity index (χ1v) is 12.1. The summed E-state index contributed by atoms with van der Waals surface area (Å²) >= 11 is 1.43. The third-order valence-corrected chi connectivity index (χ3v) is 7.14. The second-order valence-electron chi connectivity index (χ2n) is 8.55. The Morgan fingerprint density at radius 3 is 2.65 bits per heavy atom. The molecule has 0 radical (unpaired) electrons. The smallest absolute Gasteiger partial charge is 0.274 e. The number of fused-ring (bicyclic) bond motifs is 4. The molecule has 0 aliphatic carbocycles. The van der Waals surface area contributed by atoms with Crippen LogP contribution in [0.5, 0.6) is 5.75 Å². The molecule has 3 heterocycles. The SMILES string of the molecule is Cc1ccc(OCCn2cc(/C=c3\sc4nc5ccccc5n4c3=O)c3ccccc32)c(C)c1. The van der Waals surface area contributed by atoms with Gasteiger partial charge >= 0.3 is 0 Å². The van der Waals surface area contributed by atoms with E-state index in [1.54, 1.807) is 4.40 Å². The van der Waals surface area contributed by atoms with Gasteiger partial charge in [-0.3, -0.25) is 4.79 Å². The maximum absolute atomic E-state index is 13.2. The van der Waals surface area contributed by atoms with E-state index in [0.717, 1.165) is 43.8 Å². The van der Waals surface area contributed by atoms with Gasteiger partial charge in [0.1, 0.15) is 12.4 Å². The number of rotatable bonds is 5. The molecule has 0 unspecified atom stereocenters. The molecule has 0 aliphatic heterocycles. The van der Waals surface area contributed by atoms with Gasteiger partial charge < -0.3 is 9.30 Å². The van der Waals surface area contributed by atoms with Crippen molar-refractivity contribution >= 4 is 44.3 Å². The minimum absolute atomic E-state index is 0.0243. The van der Waals surface area contributed by atoms with Crippen molar-refractivity contribution in [3.63, 3.8) is 0 Å². The Hall–Kier alpha value is -3.90. The van der Waals surface area contributed by atoms with Crippen molar-refractivity contribution in [3.05, 3.63) is 105 Å². The lowest BCUT2D eigenvalue weighted by molar-refractivity contribution is 0.298. The van der Waals surface area contributed by atoms with E-state index < -0.39 is 0 Å². The fraction of sp³-hybridized carbons (Fsp3) is 0.143. The lowest BCUT2D eigenvalue weighted by Gasteiger charge is -2.11. The maximum Gasteiger partial charge on any atom is 0.274 e. The van der Waals surface area contributed by atoms with Crippen LogP contribution in [0.2, 0.25) is 0 Å². The second kappa shape index (κ2) is 8.15. The van der Waals surface area contributed by atoms with Crippen molar-refractivity contribution in [2.75, 3.05) is 6.61 Å². The average molecular weight is 466 g/mol. The van der Waals surface area contributed by atoms with Crippen LogP contribution in [0, 0.1) is 13.8 Å². The summed E-state index contributed by atoms with van der Waals surface area (Å²) in [5, 5.41) is 1.12. The third kappa shape index (κ3) is 3.47. The largest absolute Gasteiger partial charge is 0.491 e. The van der Waals surface area contributed by atoms with Crippen LogP contribution in [-0.4, -0.2) is 20.6 Å². The maximum atomic E-state index is 13.2. The van der Waals surface area contributed by atoms with E-state index >= 15 is 0 Å². The Balaban J connectivity index is 1.36. The molecule has 6 heteroatoms. The van der Waals surface area contributed by atoms with Gasteiger partial charge in [0.15, 0.2) is 4.96 Å². The van der Waals surface area contributed by atoms with Gasteiger partial charge in [-0.1, -0.05) is 59.4 Å². The van der Waals surface area contributed by atoms with Crippen LogP contribution in [0.15, 0.2) is 77.7 Å². The van der Waals surface area contributed by atoms with Crippen LogP contribution in [-0.2, 0) is 6.54 Å². The van der Waals surface area contributed by atoms with Gasteiger partial charge in [0.2, 0.25) is 0 Å². The molecule has 3 aromatic carbocycles. The Bertz CT molecular complexity index is 1790. The highest BCUT2D eigenvalue weighted by atomic mass is 32.1. The lowest BCUT2D eigenvalue weighted by Crippen LogP contribution is -2.22. The van der Waals surface area contributed by atoms with Gasteiger partial charge in [-0.15, -0.1) is 0 Å². The average Bonchev–Trinajstić information content (AvgIpc) is 3.47. The van der Waals surface area contributed by atoms with E-state index in [4.69, 9.17) is 4.74 Å². The lowest BCUT2D eigenvalue weighted by atomic mass is 10.1. The van der Waals surface area contributed by atoms with Crippen molar-refractivity contribution in [1.82, 2.24) is 14.0 Å². The van der Waals surface area contributed by atoms with Crippen LogP contribution in [0.4, 0.5) is 0 Å². The van der Waals surface area contributed by atoms with Gasteiger partial charge in [-0.25, -0.2) is 9.38 Å². The standard InChI is InChI=1S/C28H23N3O2S/c1-18-11-12-25(19(2)15-18)33-14-13-30-17-20(21-7-3-5-9-23(21)30)16-26-27(32)31-24-10-6-4-8-22(24)29-28(31)34-26/h3-12,15-17H,13-14H2,1-2H3/b26-16-. The normalized spacial score (nSPS) is 12.4. The first-order chi connectivity index (χ1) is 16.6. The predicted molar refractivity (Wildman–Crippen MR) is 139 cm³/mol. The summed E-state index contributed by atoms with van der Waals surface area (Å²) in [7, 11) is 0. The van der Waals surface area contributed by atoms with Crippen molar-refractivity contribution in [3.8, 4) is 5.75 Å². The van der Waals surface area contributed by atoms with Crippen LogP contribution < -0.4 is 14.8 Å². The molecule has 0 saturated heterocycles. The molecule has 5 nitrogen and oxygen atoms in total. The number of hydrogen-bond acceptors (Lipinski definition) is 4. The van der Waals surface area contributed by atoms with Gasteiger partial charge in [-0.2, -0.15) is 0 Å². The quantitative estimate of drug-likeness (QED) is 0.356. The minimum atomic E-state index is -0.0243. The summed E-state index contributed by atoms with van der Waals surface area (Å²) in [6, 6.07) is 22.3. The fourth-order valence-electron chi connectivity index (χ4n) is 4.54. The molecular weight excluding hydrogens is 442 g/mol. The highest BCUT2D eigenvalue weighted by Gasteiger charge is 2.12. The molecule has 0 atom stereocenters. The highest BCUT2D eigenvalue weighted by molar-refractivity contribution is 7.15. The number of ether oxygens (including phenoxy) is 1. The molecule has 0 aliphatic rings. The number of benzene rings is 3. The van der Waals surface area contributed by atoms with Crippen molar-refractivity contribution < 1.29 is 4.74 Å². The van der Waals surface area contributed by atoms with E-state index in [-0.39, 0.29) is 5.56 Å². The van der Waals surface area contributed by atoms with E-state index in [9.17, 15) is 4.79 Å². The van der Waals surface area contributed by atoms with Crippen molar-refractivity contribution in [2.45, 2.75) is 20.4 Å². The van der Waals surface area contributed by atoms with E-state index in [2.05, 4.69) is 53.9 Å². The third-order valence-electron chi connectivity index (χ3n) is 6.17. The summed E-state index contributed by atoms with van der Waals surface area (Å²) in [6.07, 6.45) is 4.09. The minimum Gasteiger partial charge on any atom is -0.491 e. The van der Waals surface area contributed by atoms with Crippen molar-refractivity contribution in [2.24, 2.45) is 0 Å². The molecule has 34 heavy (non-hydrogen) atoms. The fourth-order valence-corrected chi connectivity index (χ4v) is 5.52. The first-order valence-electron chi connectivity index (χ1n) is 11.3. The Kier molecular flexibility index (Phi) is 4.96. The molecule has 0 fully saturated rings. The van der Waals surface area contributed by atoms with Gasteiger partial charge in [0.05, 0.1) is 22.1 Å². The first kappa shape index (κ1) is 20.7. The van der Waals surface area contributed by atoms with Crippen LogP contribution in [0.25, 0.3) is 33.0 Å². The Morgan fingerprint density at radius 1 is 1.00 bits per heavy atom. The monoisotopic (exact) mass is 465 g/mol. The predicted octanol–water partition coefficient (Wildman–Crippen LogP) is 5.11. The van der Waals surface area contributed by atoms with Gasteiger partial charge in [-0.05, 0) is 49.8 Å². The number of nitrogens with zero attached hydrogens (tertiary/aromatic N) is 3. The number of imidazole rings is 1. The number of para-hydroxylation sites is 3. The summed E-state index contributed by atoms with van der Waals surface area (Å²) in [5.74, 6) is 0.916. The van der Waals surface area contributed by atoms with E-state index in [0.29, 0.717) is 17.7 Å². The molecule has 0 bridgehead atoms. The van der Waals surface area contributed by atoms with Gasteiger partial charge in [0, 0.05) is 22.7 Å². The molecule has 6 rings (SSSR count). The number of aryl methyl sites for hydroxylation is 2. The Labute approximate surface area is 200 Å². The van der Waals surface area contributed by atoms with Crippen LogP contribution >= 0.6 is 11.3 Å². The molecule has 0 N–H and O–H groups in total. The highest BCUT2D eigenvalue weighted by Crippen LogP contribution is 2.23. The molecule has 0 amide bonds. The van der Waals surface area contributed by atoms with Crippen LogP contribution in [0.3, 0.4) is 0 Å². The van der Waals surface area contributed by atoms with Crippen LogP contribution in [0.1, 0.15) is 16.7 Å². The van der Waals surface area contributed by atoms with Gasteiger partial charge in [0.25, 0.3) is 5.56 Å². The topological polar surface area (TPSA) is 48.5 Å². The van der Waals surface area contributed by atoms with E-state index in [1.165, 1.54) is 16.9 Å². The second-order valence-corrected chi connectivity index (χ2v) is 9.56. The molecule has 0 saturated carbocycles. The molecule has 168 valence electrons. The summed E-state index contributed by atoms with van der Waals surface area (Å²) in [5.41, 5.74) is 6.19. The zero-order valence-corrected chi connectivity index (χ0v) is 19.8. The Morgan fingerprint density at radius 2 is 1.79 bits per heavy atom. The van der Waals surface area contributed by atoms with E-state index in [1.807, 2.05) is 48.5 Å². The summed E-state index contributed by atoms with van der Waals surface area (Å²) in [6.45, 7) is 5.43. The molecular formula is C28H23N3O2S. The summed E-state index contributed by atoms with van der Waals surface area (Å²) < 4.78 is 10.7. The molecule has 3 aromatic heterocycles. The number of aromatic nitrogens is 3. The number of hydrogen-bond donors (Lipinski definition) is 0. The zero-order chi connectivity index (χ0) is 23.2. The van der Waals surface area contributed by atoms with Crippen molar-refractivity contribution in [1.29, 1.82) is 0 Å². The molecule has 0 spiro atoms.